The Hall–Kier alpha value is -2.58. The molecule has 0 atom stereocenters. The van der Waals surface area contributed by atoms with Crippen molar-refractivity contribution in [1.29, 1.82) is 0 Å². The number of aryl methyl sites for hydroxylation is 1. The van der Waals surface area contributed by atoms with Crippen molar-refractivity contribution in [2.75, 3.05) is 16.2 Å². The molecule has 2 aromatic rings. The first kappa shape index (κ1) is 16.3. The fourth-order valence-electron chi connectivity index (χ4n) is 2.58. The summed E-state index contributed by atoms with van der Waals surface area (Å²) in [6.45, 7) is 2.13. The summed E-state index contributed by atoms with van der Waals surface area (Å²) in [5.74, 6) is 0.998. The fourth-order valence-corrected chi connectivity index (χ4v) is 3.37. The highest BCUT2D eigenvalue weighted by Gasteiger charge is 2.26. The molecule has 0 radical (unpaired) electrons. The summed E-state index contributed by atoms with van der Waals surface area (Å²) in [6.07, 6.45) is 3.51. The lowest BCUT2D eigenvalue weighted by Gasteiger charge is -2.16. The first-order chi connectivity index (χ1) is 11.3. The third kappa shape index (κ3) is 3.50. The standard InChI is InChI=1S/C16H17N3O4S/c1-11-2-5-14(23-11)6-7-16(20)18-13-4-3-12-8-9-19(15(12)10-13)24(17,21)22/h2-7,10H,8-9H2,1H3,(H,18,20)(H2,17,21,22)/b7-6+. The Morgan fingerprint density at radius 2 is 2.12 bits per heavy atom. The predicted octanol–water partition coefficient (Wildman–Crippen LogP) is 1.81. The van der Waals surface area contributed by atoms with E-state index < -0.39 is 10.2 Å². The lowest BCUT2D eigenvalue weighted by Crippen LogP contribution is -2.35. The SMILES string of the molecule is Cc1ccc(/C=C/C(=O)Nc2ccc3c(c2)N(S(N)(=O)=O)CC3)o1. The summed E-state index contributed by atoms with van der Waals surface area (Å²) in [7, 11) is -3.81. The van der Waals surface area contributed by atoms with Crippen LogP contribution < -0.4 is 14.8 Å². The van der Waals surface area contributed by atoms with Crippen LogP contribution in [-0.2, 0) is 21.4 Å². The van der Waals surface area contributed by atoms with Crippen LogP contribution in [0.1, 0.15) is 17.1 Å². The van der Waals surface area contributed by atoms with Crippen LogP contribution in [-0.4, -0.2) is 20.9 Å². The molecule has 0 unspecified atom stereocenters. The maximum absolute atomic E-state index is 12.0. The van der Waals surface area contributed by atoms with Gasteiger partial charge in [-0.2, -0.15) is 8.42 Å². The van der Waals surface area contributed by atoms with Gasteiger partial charge in [-0.1, -0.05) is 6.07 Å². The molecule has 126 valence electrons. The molecule has 8 heteroatoms. The minimum atomic E-state index is -3.81. The van der Waals surface area contributed by atoms with E-state index in [4.69, 9.17) is 9.56 Å². The average molecular weight is 347 g/mol. The molecule has 1 aromatic heterocycles. The highest BCUT2D eigenvalue weighted by atomic mass is 32.2. The van der Waals surface area contributed by atoms with Crippen LogP contribution in [0.4, 0.5) is 11.4 Å². The van der Waals surface area contributed by atoms with E-state index >= 15 is 0 Å². The van der Waals surface area contributed by atoms with Crippen LogP contribution in [0.5, 0.6) is 0 Å². The minimum absolute atomic E-state index is 0.309. The molecule has 2 heterocycles. The van der Waals surface area contributed by atoms with Gasteiger partial charge in [0.1, 0.15) is 11.5 Å². The van der Waals surface area contributed by atoms with Gasteiger partial charge in [-0.05, 0) is 49.2 Å². The number of hydrogen-bond donors (Lipinski definition) is 2. The molecular formula is C16H17N3O4S. The number of nitrogens with two attached hydrogens (primary N) is 1. The molecule has 0 saturated heterocycles. The summed E-state index contributed by atoms with van der Waals surface area (Å²) in [6, 6.07) is 8.69. The zero-order valence-corrected chi connectivity index (χ0v) is 13.8. The fraction of sp³-hybridized carbons (Fsp3) is 0.188. The van der Waals surface area contributed by atoms with E-state index in [1.54, 1.807) is 36.4 Å². The Labute approximate surface area is 139 Å². The van der Waals surface area contributed by atoms with E-state index in [1.807, 2.05) is 6.92 Å². The van der Waals surface area contributed by atoms with Crippen molar-refractivity contribution >= 4 is 33.6 Å². The zero-order valence-electron chi connectivity index (χ0n) is 13.0. The second-order valence-electron chi connectivity index (χ2n) is 5.48. The highest BCUT2D eigenvalue weighted by Crippen LogP contribution is 2.32. The van der Waals surface area contributed by atoms with Crippen molar-refractivity contribution < 1.29 is 17.6 Å². The van der Waals surface area contributed by atoms with Gasteiger partial charge >= 0.3 is 0 Å². The maximum atomic E-state index is 12.0. The second-order valence-corrected chi connectivity index (χ2v) is 6.95. The number of nitrogens with zero attached hydrogens (tertiary/aromatic N) is 1. The molecule has 1 aromatic carbocycles. The summed E-state index contributed by atoms with van der Waals surface area (Å²) in [5.41, 5.74) is 1.87. The topological polar surface area (TPSA) is 106 Å². The lowest BCUT2D eigenvalue weighted by molar-refractivity contribution is -0.111. The van der Waals surface area contributed by atoms with Gasteiger partial charge in [-0.15, -0.1) is 0 Å². The molecule has 0 bridgehead atoms. The summed E-state index contributed by atoms with van der Waals surface area (Å²) in [5, 5.41) is 7.90. The van der Waals surface area contributed by atoms with Gasteiger partial charge in [0, 0.05) is 18.3 Å². The third-order valence-electron chi connectivity index (χ3n) is 3.67. The number of amides is 1. The molecule has 24 heavy (non-hydrogen) atoms. The number of fused-ring (bicyclic) bond motifs is 1. The Balaban J connectivity index is 1.74. The Morgan fingerprint density at radius 1 is 1.33 bits per heavy atom. The molecule has 0 aliphatic carbocycles. The van der Waals surface area contributed by atoms with E-state index in [-0.39, 0.29) is 5.91 Å². The van der Waals surface area contributed by atoms with Crippen molar-refractivity contribution in [3.63, 3.8) is 0 Å². The number of benzene rings is 1. The zero-order chi connectivity index (χ0) is 17.3. The third-order valence-corrected chi connectivity index (χ3v) is 4.67. The van der Waals surface area contributed by atoms with Crippen molar-refractivity contribution in [3.05, 3.63) is 53.5 Å². The van der Waals surface area contributed by atoms with Crippen molar-refractivity contribution in [2.24, 2.45) is 5.14 Å². The monoisotopic (exact) mass is 347 g/mol. The number of carbonyl (C=O) groups excluding carboxylic acids is 1. The van der Waals surface area contributed by atoms with Crippen LogP contribution in [0.25, 0.3) is 6.08 Å². The van der Waals surface area contributed by atoms with Crippen LogP contribution in [0, 0.1) is 6.92 Å². The molecule has 0 spiro atoms. The van der Waals surface area contributed by atoms with Gasteiger partial charge in [-0.25, -0.2) is 5.14 Å². The molecule has 0 saturated carbocycles. The average Bonchev–Trinajstić information content (AvgIpc) is 3.10. The van der Waals surface area contributed by atoms with Crippen LogP contribution >= 0.6 is 0 Å². The Kier molecular flexibility index (Phi) is 4.16. The van der Waals surface area contributed by atoms with Gasteiger partial charge in [-0.3, -0.25) is 9.10 Å². The van der Waals surface area contributed by atoms with E-state index in [2.05, 4.69) is 5.32 Å². The molecule has 7 nitrogen and oxygen atoms in total. The summed E-state index contributed by atoms with van der Waals surface area (Å²) >= 11 is 0. The van der Waals surface area contributed by atoms with E-state index in [0.717, 1.165) is 15.6 Å². The largest absolute Gasteiger partial charge is 0.462 e. The summed E-state index contributed by atoms with van der Waals surface area (Å²) in [4.78, 5) is 12.0. The van der Waals surface area contributed by atoms with Gasteiger partial charge in [0.25, 0.3) is 10.2 Å². The Bertz CT molecular complexity index is 915. The van der Waals surface area contributed by atoms with Crippen LogP contribution in [0.2, 0.25) is 0 Å². The van der Waals surface area contributed by atoms with E-state index in [9.17, 15) is 13.2 Å². The van der Waals surface area contributed by atoms with Crippen LogP contribution in [0.3, 0.4) is 0 Å². The molecule has 3 N–H and O–H groups in total. The second kappa shape index (κ2) is 6.14. The van der Waals surface area contributed by atoms with Crippen LogP contribution in [0.15, 0.2) is 40.8 Å². The summed E-state index contributed by atoms with van der Waals surface area (Å²) < 4.78 is 29.7. The predicted molar refractivity (Wildman–Crippen MR) is 91.7 cm³/mol. The number of carbonyl (C=O) groups is 1. The van der Waals surface area contributed by atoms with E-state index in [0.29, 0.717) is 30.1 Å². The number of anilines is 2. The quantitative estimate of drug-likeness (QED) is 0.823. The smallest absolute Gasteiger partial charge is 0.299 e. The lowest BCUT2D eigenvalue weighted by atomic mass is 10.1. The molecule has 1 aliphatic rings. The minimum Gasteiger partial charge on any atom is -0.462 e. The van der Waals surface area contributed by atoms with Gasteiger partial charge in [0.15, 0.2) is 0 Å². The normalized spacial score (nSPS) is 14.2. The number of furan rings is 1. The van der Waals surface area contributed by atoms with Gasteiger partial charge < -0.3 is 9.73 Å². The number of rotatable bonds is 4. The number of nitrogens with one attached hydrogen (secondary N) is 1. The molecule has 1 aliphatic heterocycles. The molecule has 1 amide bonds. The van der Waals surface area contributed by atoms with Gasteiger partial charge in [0.05, 0.1) is 5.69 Å². The van der Waals surface area contributed by atoms with Gasteiger partial charge in [0.2, 0.25) is 5.91 Å². The molecule has 3 rings (SSSR count). The van der Waals surface area contributed by atoms with Crippen molar-refractivity contribution in [2.45, 2.75) is 13.3 Å². The van der Waals surface area contributed by atoms with E-state index in [1.165, 1.54) is 6.08 Å². The highest BCUT2D eigenvalue weighted by molar-refractivity contribution is 7.90. The number of hydrogen-bond acceptors (Lipinski definition) is 4. The maximum Gasteiger partial charge on any atom is 0.299 e. The Morgan fingerprint density at radius 3 is 2.79 bits per heavy atom. The molecular weight excluding hydrogens is 330 g/mol. The van der Waals surface area contributed by atoms with Crippen molar-refractivity contribution in [1.82, 2.24) is 0 Å². The van der Waals surface area contributed by atoms with Crippen molar-refractivity contribution in [3.8, 4) is 0 Å². The first-order valence-corrected chi connectivity index (χ1v) is 8.82. The molecule has 0 fully saturated rings. The first-order valence-electron chi connectivity index (χ1n) is 7.32.